The summed E-state index contributed by atoms with van der Waals surface area (Å²) >= 11 is 0. The van der Waals surface area contributed by atoms with Gasteiger partial charge in [-0.1, -0.05) is 35.9 Å². The van der Waals surface area contributed by atoms with Crippen LogP contribution >= 0.6 is 0 Å². The molecule has 0 amide bonds. The van der Waals surface area contributed by atoms with Crippen LogP contribution in [0.15, 0.2) is 42.5 Å². The molecule has 0 unspecified atom stereocenters. The first kappa shape index (κ1) is 12.3. The van der Waals surface area contributed by atoms with Crippen molar-refractivity contribution in [2.24, 2.45) is 0 Å². The van der Waals surface area contributed by atoms with Crippen molar-refractivity contribution < 1.29 is 0 Å². The molecule has 1 nitrogen and oxygen atoms in total. The van der Waals surface area contributed by atoms with E-state index in [0.29, 0.717) is 0 Å². The minimum absolute atomic E-state index is 1.12. The third-order valence-corrected chi connectivity index (χ3v) is 4.03. The normalized spacial score (nSPS) is 14.9. The van der Waals surface area contributed by atoms with Gasteiger partial charge in [-0.3, -0.25) is 0 Å². The molecule has 19 heavy (non-hydrogen) atoms. The fraction of sp³-hybridized carbons (Fsp3) is 0.333. The van der Waals surface area contributed by atoms with Gasteiger partial charge in [0.2, 0.25) is 0 Å². The van der Waals surface area contributed by atoms with Crippen molar-refractivity contribution in [1.82, 2.24) is 0 Å². The molecule has 0 saturated heterocycles. The van der Waals surface area contributed by atoms with Crippen molar-refractivity contribution in [2.75, 3.05) is 18.0 Å². The van der Waals surface area contributed by atoms with Crippen molar-refractivity contribution in [3.8, 4) is 0 Å². The number of rotatable bonds is 1. The van der Waals surface area contributed by atoms with Gasteiger partial charge in [0.15, 0.2) is 0 Å². The van der Waals surface area contributed by atoms with Crippen LogP contribution in [-0.2, 0) is 12.8 Å². The smallest absolute Gasteiger partial charge is 0.0369 e. The summed E-state index contributed by atoms with van der Waals surface area (Å²) < 4.78 is 0. The molecule has 0 atom stereocenters. The lowest BCUT2D eigenvalue weighted by atomic mass is 10.0. The molecule has 0 aromatic heterocycles. The topological polar surface area (TPSA) is 3.24 Å². The molecule has 0 saturated carbocycles. The van der Waals surface area contributed by atoms with Gasteiger partial charge in [-0.2, -0.15) is 0 Å². The molecule has 1 heterocycles. The largest absolute Gasteiger partial charge is 0.371 e. The van der Waals surface area contributed by atoms with E-state index in [0.717, 1.165) is 25.9 Å². The number of aryl methyl sites for hydroxylation is 2. The van der Waals surface area contributed by atoms with Gasteiger partial charge in [-0.15, -0.1) is 0 Å². The van der Waals surface area contributed by atoms with Crippen LogP contribution in [0, 0.1) is 13.8 Å². The van der Waals surface area contributed by atoms with Crippen LogP contribution in [0.2, 0.25) is 0 Å². The van der Waals surface area contributed by atoms with E-state index >= 15 is 0 Å². The maximum atomic E-state index is 2.52. The predicted octanol–water partition coefficient (Wildman–Crippen LogP) is 3.91. The Morgan fingerprint density at radius 3 is 2.32 bits per heavy atom. The van der Waals surface area contributed by atoms with Gasteiger partial charge in [0.1, 0.15) is 0 Å². The predicted molar refractivity (Wildman–Crippen MR) is 82.0 cm³/mol. The lowest BCUT2D eigenvalue weighted by molar-refractivity contribution is 0.805. The average Bonchev–Trinajstić information content (AvgIpc) is 2.61. The maximum absolute atomic E-state index is 2.52. The van der Waals surface area contributed by atoms with Crippen molar-refractivity contribution >= 4 is 5.69 Å². The van der Waals surface area contributed by atoms with E-state index < -0.39 is 0 Å². The maximum Gasteiger partial charge on any atom is 0.0369 e. The van der Waals surface area contributed by atoms with Crippen molar-refractivity contribution in [2.45, 2.75) is 26.7 Å². The molecule has 98 valence electrons. The summed E-state index contributed by atoms with van der Waals surface area (Å²) in [4.78, 5) is 2.52. The fourth-order valence-electron chi connectivity index (χ4n) is 2.94. The lowest BCUT2D eigenvalue weighted by Crippen LogP contribution is -2.25. The fourth-order valence-corrected chi connectivity index (χ4v) is 2.94. The van der Waals surface area contributed by atoms with Crippen LogP contribution in [0.3, 0.4) is 0 Å². The minimum Gasteiger partial charge on any atom is -0.371 e. The third-order valence-electron chi connectivity index (χ3n) is 4.03. The Morgan fingerprint density at radius 2 is 1.53 bits per heavy atom. The van der Waals surface area contributed by atoms with E-state index in [4.69, 9.17) is 0 Å². The molecule has 0 N–H and O–H groups in total. The monoisotopic (exact) mass is 251 g/mol. The third kappa shape index (κ3) is 2.65. The van der Waals surface area contributed by atoms with Crippen LogP contribution < -0.4 is 4.90 Å². The van der Waals surface area contributed by atoms with E-state index in [1.165, 1.54) is 27.9 Å². The zero-order chi connectivity index (χ0) is 13.2. The molecule has 1 heteroatoms. The summed E-state index contributed by atoms with van der Waals surface area (Å²) in [6.07, 6.45) is 2.31. The molecular weight excluding hydrogens is 230 g/mol. The van der Waals surface area contributed by atoms with Gasteiger partial charge >= 0.3 is 0 Å². The van der Waals surface area contributed by atoms with E-state index in [1.807, 2.05) is 0 Å². The quantitative estimate of drug-likeness (QED) is 0.743. The molecule has 0 fully saturated rings. The van der Waals surface area contributed by atoms with E-state index in [9.17, 15) is 0 Å². The zero-order valence-electron chi connectivity index (χ0n) is 11.8. The lowest BCUT2D eigenvalue weighted by Gasteiger charge is -2.22. The molecule has 0 radical (unpaired) electrons. The first-order chi connectivity index (χ1) is 9.22. The summed E-state index contributed by atoms with van der Waals surface area (Å²) in [7, 11) is 0. The first-order valence-electron chi connectivity index (χ1n) is 7.12. The molecule has 2 aromatic carbocycles. The second-order valence-electron chi connectivity index (χ2n) is 5.60. The Kier molecular flexibility index (Phi) is 3.29. The molecule has 1 aliphatic heterocycles. The highest BCUT2D eigenvalue weighted by Gasteiger charge is 2.14. The SMILES string of the molecule is Cc1cccc(N2CCc3ccc(C)cc3CC2)c1. The number of hydrogen-bond acceptors (Lipinski definition) is 1. The van der Waals surface area contributed by atoms with Crippen molar-refractivity contribution in [3.05, 3.63) is 64.7 Å². The number of benzene rings is 2. The van der Waals surface area contributed by atoms with Gasteiger partial charge in [-0.05, 0) is 55.5 Å². The Labute approximate surface area is 115 Å². The van der Waals surface area contributed by atoms with Crippen molar-refractivity contribution in [1.29, 1.82) is 0 Å². The first-order valence-corrected chi connectivity index (χ1v) is 7.12. The number of hydrogen-bond donors (Lipinski definition) is 0. The van der Waals surface area contributed by atoms with Gasteiger partial charge in [0.25, 0.3) is 0 Å². The summed E-state index contributed by atoms with van der Waals surface area (Å²) in [5.41, 5.74) is 7.15. The van der Waals surface area contributed by atoms with Gasteiger partial charge < -0.3 is 4.90 Å². The Balaban J connectivity index is 1.83. The molecule has 3 rings (SSSR count). The summed E-state index contributed by atoms with van der Waals surface area (Å²) in [6.45, 7) is 6.60. The second-order valence-corrected chi connectivity index (χ2v) is 5.60. The highest BCUT2D eigenvalue weighted by molar-refractivity contribution is 5.49. The number of nitrogens with zero attached hydrogens (tertiary/aromatic N) is 1. The summed E-state index contributed by atoms with van der Waals surface area (Å²) in [6, 6.07) is 15.8. The van der Waals surface area contributed by atoms with Crippen LogP contribution in [-0.4, -0.2) is 13.1 Å². The second kappa shape index (κ2) is 5.08. The van der Waals surface area contributed by atoms with E-state index in [2.05, 4.69) is 61.2 Å². The number of anilines is 1. The minimum atomic E-state index is 1.12. The average molecular weight is 251 g/mol. The highest BCUT2D eigenvalue weighted by atomic mass is 15.1. The standard InChI is InChI=1S/C18H21N/c1-14-4-3-5-18(13-14)19-10-8-16-7-6-15(2)12-17(16)9-11-19/h3-7,12-13H,8-11H2,1-2H3. The van der Waals surface area contributed by atoms with Gasteiger partial charge in [0.05, 0.1) is 0 Å². The molecule has 0 spiro atoms. The van der Waals surface area contributed by atoms with E-state index in [1.54, 1.807) is 0 Å². The molecular formula is C18H21N. The zero-order valence-corrected chi connectivity index (χ0v) is 11.8. The summed E-state index contributed by atoms with van der Waals surface area (Å²) in [5, 5.41) is 0. The molecule has 0 aliphatic carbocycles. The van der Waals surface area contributed by atoms with Crippen LogP contribution in [0.1, 0.15) is 22.3 Å². The van der Waals surface area contributed by atoms with Crippen LogP contribution in [0.25, 0.3) is 0 Å². The number of fused-ring (bicyclic) bond motifs is 1. The van der Waals surface area contributed by atoms with Crippen molar-refractivity contribution in [3.63, 3.8) is 0 Å². The van der Waals surface area contributed by atoms with E-state index in [-0.39, 0.29) is 0 Å². The highest BCUT2D eigenvalue weighted by Crippen LogP contribution is 2.22. The Morgan fingerprint density at radius 1 is 0.789 bits per heavy atom. The summed E-state index contributed by atoms with van der Waals surface area (Å²) in [5.74, 6) is 0. The molecule has 1 aliphatic rings. The molecule has 2 aromatic rings. The Bertz CT molecular complexity index is 586. The van der Waals surface area contributed by atoms with Gasteiger partial charge in [0, 0.05) is 18.8 Å². The molecule has 0 bridgehead atoms. The van der Waals surface area contributed by atoms with Crippen LogP contribution in [0.5, 0.6) is 0 Å². The van der Waals surface area contributed by atoms with Gasteiger partial charge in [-0.25, -0.2) is 0 Å². The Hall–Kier alpha value is -1.76. The van der Waals surface area contributed by atoms with Crippen LogP contribution in [0.4, 0.5) is 5.69 Å².